The lowest BCUT2D eigenvalue weighted by molar-refractivity contribution is 0.280. The van der Waals surface area contributed by atoms with E-state index in [0.717, 1.165) is 6.39 Å². The summed E-state index contributed by atoms with van der Waals surface area (Å²) in [5.41, 5.74) is 0. The van der Waals surface area contributed by atoms with Gasteiger partial charge in [0.25, 0.3) is 9.05 Å². The Bertz CT molecular complexity index is 690. The van der Waals surface area contributed by atoms with Crippen LogP contribution in [0.4, 0.5) is 0 Å². The van der Waals surface area contributed by atoms with Gasteiger partial charge in [-0.3, -0.25) is 0 Å². The standard InChI is InChI=1S/C9H5BrCl2N2O4S/c10-5-1-6(11)9(7(2-5)19(12,15)16)17-3-8-13-4-18-14-8/h1-2,4H,3H2. The van der Waals surface area contributed by atoms with Crippen LogP contribution in [0.25, 0.3) is 0 Å². The predicted molar refractivity (Wildman–Crippen MR) is 70.8 cm³/mol. The lowest BCUT2D eigenvalue weighted by atomic mass is 10.3. The highest BCUT2D eigenvalue weighted by atomic mass is 79.9. The van der Waals surface area contributed by atoms with Crippen molar-refractivity contribution in [3.63, 3.8) is 0 Å². The Hall–Kier alpha value is -0.830. The van der Waals surface area contributed by atoms with Crippen molar-refractivity contribution in [2.24, 2.45) is 0 Å². The zero-order chi connectivity index (χ0) is 14.0. The van der Waals surface area contributed by atoms with E-state index in [1.165, 1.54) is 12.1 Å². The van der Waals surface area contributed by atoms with Crippen LogP contribution in [0.2, 0.25) is 5.02 Å². The topological polar surface area (TPSA) is 82.3 Å². The van der Waals surface area contributed by atoms with Crippen molar-refractivity contribution in [1.82, 2.24) is 10.1 Å². The van der Waals surface area contributed by atoms with Crippen LogP contribution in [0.1, 0.15) is 5.82 Å². The number of hydrogen-bond acceptors (Lipinski definition) is 6. The Kier molecular flexibility index (Phi) is 4.34. The molecular weight excluding hydrogens is 383 g/mol. The van der Waals surface area contributed by atoms with E-state index in [-0.39, 0.29) is 28.1 Å². The number of hydrogen-bond donors (Lipinski definition) is 0. The summed E-state index contributed by atoms with van der Waals surface area (Å²) in [5, 5.41) is 3.62. The lowest BCUT2D eigenvalue weighted by Gasteiger charge is -2.10. The predicted octanol–water partition coefficient (Wildman–Crippen LogP) is 2.99. The molecule has 0 N–H and O–H groups in total. The van der Waals surface area contributed by atoms with Gasteiger partial charge in [-0.25, -0.2) is 8.42 Å². The van der Waals surface area contributed by atoms with Crippen LogP contribution >= 0.6 is 38.2 Å². The van der Waals surface area contributed by atoms with Gasteiger partial charge in [-0.2, -0.15) is 4.98 Å². The summed E-state index contributed by atoms with van der Waals surface area (Å²) < 4.78 is 33.2. The van der Waals surface area contributed by atoms with Crippen molar-refractivity contribution in [2.45, 2.75) is 11.5 Å². The Balaban J connectivity index is 2.38. The Morgan fingerprint density at radius 1 is 1.42 bits per heavy atom. The van der Waals surface area contributed by atoms with Crippen molar-refractivity contribution < 1.29 is 17.7 Å². The van der Waals surface area contributed by atoms with E-state index in [2.05, 4.69) is 30.6 Å². The molecule has 0 fully saturated rings. The minimum Gasteiger partial charge on any atom is -0.482 e. The first-order valence-corrected chi connectivity index (χ1v) is 8.17. The van der Waals surface area contributed by atoms with Crippen LogP contribution in [0.15, 0.2) is 32.4 Å². The molecule has 0 aliphatic rings. The molecule has 102 valence electrons. The molecule has 2 rings (SSSR count). The average molecular weight is 388 g/mol. The van der Waals surface area contributed by atoms with E-state index in [4.69, 9.17) is 27.0 Å². The fourth-order valence-corrected chi connectivity index (χ4v) is 3.32. The zero-order valence-electron chi connectivity index (χ0n) is 9.01. The highest BCUT2D eigenvalue weighted by molar-refractivity contribution is 9.10. The number of nitrogens with zero attached hydrogens (tertiary/aromatic N) is 2. The SMILES string of the molecule is O=S(=O)(Cl)c1cc(Br)cc(Cl)c1OCc1ncon1. The van der Waals surface area contributed by atoms with Gasteiger partial charge in [-0.15, -0.1) is 0 Å². The van der Waals surface area contributed by atoms with Gasteiger partial charge in [0.05, 0.1) is 5.02 Å². The zero-order valence-corrected chi connectivity index (χ0v) is 12.9. The normalized spacial score (nSPS) is 11.5. The van der Waals surface area contributed by atoms with Gasteiger partial charge < -0.3 is 9.26 Å². The molecule has 0 radical (unpaired) electrons. The average Bonchev–Trinajstić information content (AvgIpc) is 2.78. The second-order valence-electron chi connectivity index (χ2n) is 3.29. The van der Waals surface area contributed by atoms with E-state index in [1.807, 2.05) is 0 Å². The molecule has 1 heterocycles. The fraction of sp³-hybridized carbons (Fsp3) is 0.111. The molecule has 0 aliphatic heterocycles. The van der Waals surface area contributed by atoms with Gasteiger partial charge in [-0.05, 0) is 12.1 Å². The van der Waals surface area contributed by atoms with Crippen LogP contribution in [0.3, 0.4) is 0 Å². The van der Waals surface area contributed by atoms with Crippen molar-refractivity contribution in [2.75, 3.05) is 0 Å². The Morgan fingerprint density at radius 2 is 2.16 bits per heavy atom. The van der Waals surface area contributed by atoms with Gasteiger partial charge in [0, 0.05) is 15.2 Å². The first kappa shape index (κ1) is 14.6. The van der Waals surface area contributed by atoms with Gasteiger partial charge in [0.1, 0.15) is 4.90 Å². The lowest BCUT2D eigenvalue weighted by Crippen LogP contribution is -2.03. The Labute approximate surface area is 126 Å². The maximum Gasteiger partial charge on any atom is 0.265 e. The largest absolute Gasteiger partial charge is 0.482 e. The van der Waals surface area contributed by atoms with E-state index < -0.39 is 9.05 Å². The second kappa shape index (κ2) is 5.66. The molecule has 0 saturated heterocycles. The van der Waals surface area contributed by atoms with Crippen LogP contribution in [0.5, 0.6) is 5.75 Å². The number of ether oxygens (including phenoxy) is 1. The van der Waals surface area contributed by atoms with E-state index >= 15 is 0 Å². The molecule has 0 amide bonds. The van der Waals surface area contributed by atoms with E-state index in [9.17, 15) is 8.42 Å². The number of rotatable bonds is 4. The molecule has 2 aromatic rings. The third-order valence-corrected chi connectivity index (χ3v) is 4.06. The highest BCUT2D eigenvalue weighted by Crippen LogP contribution is 2.37. The molecule has 10 heteroatoms. The van der Waals surface area contributed by atoms with E-state index in [0.29, 0.717) is 4.47 Å². The molecule has 0 bridgehead atoms. The quantitative estimate of drug-likeness (QED) is 0.750. The van der Waals surface area contributed by atoms with Crippen molar-refractivity contribution in [3.8, 4) is 5.75 Å². The number of aromatic nitrogens is 2. The summed E-state index contributed by atoms with van der Waals surface area (Å²) in [6.07, 6.45) is 1.13. The molecule has 0 spiro atoms. The molecule has 6 nitrogen and oxygen atoms in total. The third kappa shape index (κ3) is 3.59. The highest BCUT2D eigenvalue weighted by Gasteiger charge is 2.21. The molecule has 0 aliphatic carbocycles. The molecule has 1 aromatic carbocycles. The van der Waals surface area contributed by atoms with Crippen LogP contribution in [0, 0.1) is 0 Å². The molecule has 0 unspecified atom stereocenters. The summed E-state index contributed by atoms with van der Waals surface area (Å²) >= 11 is 9.07. The van der Waals surface area contributed by atoms with Crippen molar-refractivity contribution >= 4 is 47.3 Å². The number of benzene rings is 1. The third-order valence-electron chi connectivity index (χ3n) is 1.99. The molecule has 0 saturated carbocycles. The second-order valence-corrected chi connectivity index (χ2v) is 7.15. The van der Waals surface area contributed by atoms with Gasteiger partial charge >= 0.3 is 0 Å². The molecule has 19 heavy (non-hydrogen) atoms. The molecule has 1 aromatic heterocycles. The summed E-state index contributed by atoms with van der Waals surface area (Å²) in [5.74, 6) is 0.182. The Morgan fingerprint density at radius 3 is 2.74 bits per heavy atom. The smallest absolute Gasteiger partial charge is 0.265 e. The number of halogens is 3. The molecular formula is C9H5BrCl2N2O4S. The van der Waals surface area contributed by atoms with Gasteiger partial charge in [0.15, 0.2) is 12.4 Å². The molecule has 0 atom stereocenters. The van der Waals surface area contributed by atoms with Crippen molar-refractivity contribution in [1.29, 1.82) is 0 Å². The maximum absolute atomic E-state index is 11.5. The minimum atomic E-state index is -4.00. The summed E-state index contributed by atoms with van der Waals surface area (Å²) in [6, 6.07) is 2.78. The maximum atomic E-state index is 11.5. The van der Waals surface area contributed by atoms with Crippen molar-refractivity contribution in [3.05, 3.63) is 33.8 Å². The first-order valence-electron chi connectivity index (χ1n) is 4.69. The summed E-state index contributed by atoms with van der Waals surface area (Å²) in [6.45, 7) is -0.0999. The minimum absolute atomic E-state index is 0.0651. The van der Waals surface area contributed by atoms with Crippen LogP contribution in [-0.4, -0.2) is 18.6 Å². The summed E-state index contributed by atoms with van der Waals surface area (Å²) in [4.78, 5) is 3.49. The van der Waals surface area contributed by atoms with Crippen LogP contribution < -0.4 is 4.74 Å². The van der Waals surface area contributed by atoms with E-state index in [1.54, 1.807) is 0 Å². The monoisotopic (exact) mass is 386 g/mol. The van der Waals surface area contributed by atoms with Gasteiger partial charge in [-0.1, -0.05) is 32.7 Å². The summed E-state index contributed by atoms with van der Waals surface area (Å²) in [7, 11) is 1.33. The fourth-order valence-electron chi connectivity index (χ4n) is 1.25. The van der Waals surface area contributed by atoms with Gasteiger partial charge in [0.2, 0.25) is 12.2 Å². The first-order chi connectivity index (χ1) is 8.88. The van der Waals surface area contributed by atoms with Crippen LogP contribution in [-0.2, 0) is 15.7 Å².